The Kier molecular flexibility index (Phi) is 27.6. The van der Waals surface area contributed by atoms with Crippen LogP contribution in [0.4, 0.5) is 0 Å². The van der Waals surface area contributed by atoms with Gasteiger partial charge in [0.15, 0.2) is 0 Å². The van der Waals surface area contributed by atoms with Crippen molar-refractivity contribution >= 4 is 12.3 Å². The first kappa shape index (κ1) is 41.1. The van der Waals surface area contributed by atoms with Crippen molar-refractivity contribution in [1.29, 1.82) is 0 Å². The summed E-state index contributed by atoms with van der Waals surface area (Å²) in [4.78, 5) is 25.4. The Balaban J connectivity index is 2.14. The lowest BCUT2D eigenvalue weighted by Crippen LogP contribution is -2.30. The van der Waals surface area contributed by atoms with Gasteiger partial charge < -0.3 is 14.4 Å². The van der Waals surface area contributed by atoms with Crippen LogP contribution in [0, 0.1) is 23.7 Å². The molecule has 0 aromatic rings. The van der Waals surface area contributed by atoms with E-state index >= 15 is 0 Å². The van der Waals surface area contributed by atoms with Crippen molar-refractivity contribution in [3.8, 4) is 0 Å². The molecule has 2 unspecified atom stereocenters. The molecule has 1 rings (SSSR count). The van der Waals surface area contributed by atoms with Crippen molar-refractivity contribution in [2.45, 2.75) is 195 Å². The van der Waals surface area contributed by atoms with Crippen LogP contribution in [0.1, 0.15) is 195 Å². The van der Waals surface area contributed by atoms with Gasteiger partial charge in [0.2, 0.25) is 0 Å². The van der Waals surface area contributed by atoms with Gasteiger partial charge in [-0.05, 0) is 81.8 Å². The number of rotatable bonds is 31. The number of piperidine rings is 1. The van der Waals surface area contributed by atoms with Crippen molar-refractivity contribution in [3.05, 3.63) is 0 Å². The first-order chi connectivity index (χ1) is 21.4. The van der Waals surface area contributed by atoms with E-state index in [9.17, 15) is 9.59 Å². The quantitative estimate of drug-likeness (QED) is 0.0440. The Morgan fingerprint density at radius 2 is 1.16 bits per heavy atom. The first-order valence-electron chi connectivity index (χ1n) is 19.7. The number of ether oxygens (including phenoxy) is 1. The Labute approximate surface area is 275 Å². The predicted molar refractivity (Wildman–Crippen MR) is 190 cm³/mol. The zero-order valence-corrected chi connectivity index (χ0v) is 30.3. The summed E-state index contributed by atoms with van der Waals surface area (Å²) in [5.41, 5.74) is 0. The van der Waals surface area contributed by atoms with Crippen molar-refractivity contribution in [1.82, 2.24) is 4.90 Å². The molecule has 4 heteroatoms. The van der Waals surface area contributed by atoms with E-state index in [0.29, 0.717) is 30.8 Å². The zero-order valence-electron chi connectivity index (χ0n) is 30.3. The summed E-state index contributed by atoms with van der Waals surface area (Å²) in [6.07, 6.45) is 34.1. The van der Waals surface area contributed by atoms with E-state index in [1.54, 1.807) is 0 Å². The predicted octanol–water partition coefficient (Wildman–Crippen LogP) is 11.7. The number of esters is 1. The molecule has 4 nitrogen and oxygen atoms in total. The molecule has 0 aromatic heterocycles. The molecule has 1 heterocycles. The van der Waals surface area contributed by atoms with Gasteiger partial charge in [-0.3, -0.25) is 4.79 Å². The third-order valence-corrected chi connectivity index (χ3v) is 10.2. The summed E-state index contributed by atoms with van der Waals surface area (Å²) < 4.78 is 5.66. The van der Waals surface area contributed by atoms with Gasteiger partial charge in [-0.1, -0.05) is 143 Å². The van der Waals surface area contributed by atoms with Crippen LogP contribution in [0.5, 0.6) is 0 Å². The molecular weight excluding hydrogens is 542 g/mol. The van der Waals surface area contributed by atoms with Crippen LogP contribution in [0.25, 0.3) is 0 Å². The van der Waals surface area contributed by atoms with Crippen LogP contribution >= 0.6 is 0 Å². The topological polar surface area (TPSA) is 46.6 Å². The van der Waals surface area contributed by atoms with Crippen LogP contribution in [0.2, 0.25) is 0 Å². The van der Waals surface area contributed by atoms with Gasteiger partial charge in [0, 0.05) is 12.8 Å². The molecular formula is C40H77NO3. The number of carbonyl (C=O) groups excluding carboxylic acids is 2. The van der Waals surface area contributed by atoms with E-state index < -0.39 is 0 Å². The van der Waals surface area contributed by atoms with E-state index in [-0.39, 0.29) is 5.97 Å². The van der Waals surface area contributed by atoms with Crippen LogP contribution < -0.4 is 0 Å². The summed E-state index contributed by atoms with van der Waals surface area (Å²) in [5.74, 6) is 2.72. The maximum atomic E-state index is 12.3. The molecule has 0 aliphatic carbocycles. The van der Waals surface area contributed by atoms with Crippen LogP contribution in [-0.4, -0.2) is 43.4 Å². The van der Waals surface area contributed by atoms with Crippen molar-refractivity contribution < 1.29 is 14.3 Å². The Hall–Kier alpha value is -0.900. The zero-order chi connectivity index (χ0) is 32.1. The molecule has 260 valence electrons. The second-order valence-corrected chi connectivity index (χ2v) is 15.2. The molecule has 0 amide bonds. The number of hydrogen-bond acceptors (Lipinski definition) is 4. The highest BCUT2D eigenvalue weighted by Gasteiger charge is 2.16. The van der Waals surface area contributed by atoms with Gasteiger partial charge >= 0.3 is 5.97 Å². The molecule has 0 spiro atoms. The van der Waals surface area contributed by atoms with Crippen LogP contribution in [0.3, 0.4) is 0 Å². The fourth-order valence-electron chi connectivity index (χ4n) is 6.94. The fourth-order valence-corrected chi connectivity index (χ4v) is 6.94. The molecule has 0 saturated carbocycles. The van der Waals surface area contributed by atoms with Gasteiger partial charge in [0.25, 0.3) is 0 Å². The number of unbranched alkanes of at least 4 members (excludes halogenated alkanes) is 14. The second-order valence-electron chi connectivity index (χ2n) is 15.2. The molecule has 1 fully saturated rings. The molecule has 44 heavy (non-hydrogen) atoms. The average molecular weight is 620 g/mol. The monoisotopic (exact) mass is 620 g/mol. The number of carbonyl (C=O) groups is 2. The Bertz CT molecular complexity index is 643. The molecule has 0 radical (unpaired) electrons. The molecule has 1 saturated heterocycles. The van der Waals surface area contributed by atoms with E-state index in [2.05, 4.69) is 32.6 Å². The molecule has 0 aromatic carbocycles. The maximum absolute atomic E-state index is 12.3. The largest absolute Gasteiger partial charge is 0.465 e. The summed E-state index contributed by atoms with van der Waals surface area (Å²) >= 11 is 0. The van der Waals surface area contributed by atoms with Gasteiger partial charge in [-0.15, -0.1) is 0 Å². The summed E-state index contributed by atoms with van der Waals surface area (Å²) in [6.45, 7) is 13.6. The van der Waals surface area contributed by atoms with Crippen LogP contribution in [0.15, 0.2) is 0 Å². The van der Waals surface area contributed by atoms with Gasteiger partial charge in [0.05, 0.1) is 6.61 Å². The van der Waals surface area contributed by atoms with Gasteiger partial charge in [0.1, 0.15) is 6.29 Å². The molecule has 0 N–H and O–H groups in total. The normalized spacial score (nSPS) is 15.6. The minimum Gasteiger partial charge on any atom is -0.465 e. The van der Waals surface area contributed by atoms with E-state index in [0.717, 1.165) is 44.3 Å². The Morgan fingerprint density at radius 1 is 0.636 bits per heavy atom. The maximum Gasteiger partial charge on any atom is 0.305 e. The Morgan fingerprint density at radius 3 is 1.70 bits per heavy atom. The summed E-state index contributed by atoms with van der Waals surface area (Å²) in [6, 6.07) is 0. The minimum atomic E-state index is 0.0109. The highest BCUT2D eigenvalue weighted by Crippen LogP contribution is 2.25. The van der Waals surface area contributed by atoms with E-state index in [4.69, 9.17) is 4.74 Å². The molecule has 0 bridgehead atoms. The summed E-state index contributed by atoms with van der Waals surface area (Å²) in [5, 5.41) is 0. The van der Waals surface area contributed by atoms with E-state index in [1.807, 2.05) is 0 Å². The van der Waals surface area contributed by atoms with Crippen LogP contribution in [-0.2, 0) is 14.3 Å². The van der Waals surface area contributed by atoms with Crippen molar-refractivity contribution in [3.63, 3.8) is 0 Å². The lowest BCUT2D eigenvalue weighted by Gasteiger charge is -2.26. The third-order valence-electron chi connectivity index (χ3n) is 10.2. The number of likely N-dealkylation sites (tertiary alicyclic amines) is 1. The minimum absolute atomic E-state index is 0.0109. The third kappa shape index (κ3) is 25.3. The molecule has 2 atom stereocenters. The number of nitrogens with zero attached hydrogens (tertiary/aromatic N) is 1. The summed E-state index contributed by atoms with van der Waals surface area (Å²) in [7, 11) is 0. The van der Waals surface area contributed by atoms with Crippen molar-refractivity contribution in [2.75, 3.05) is 26.2 Å². The fraction of sp³-hybridized carbons (Fsp3) is 0.950. The first-order valence-corrected chi connectivity index (χ1v) is 19.7. The number of aldehydes is 1. The molecule has 1 aliphatic rings. The standard InChI is InChI=1S/C40H77NO3/c1-36(2)29-30-39(37(3)4)35-44-40(43)28-19-14-10-7-9-13-18-26-38(25-17-12-8-5-6-11-15-24-34-42)27-20-23-33-41-31-21-16-22-32-41/h34,36-39H,5-33,35H2,1-4H3. The lowest BCUT2D eigenvalue weighted by molar-refractivity contribution is -0.145. The second kappa shape index (κ2) is 29.5. The number of hydrogen-bond donors (Lipinski definition) is 0. The van der Waals surface area contributed by atoms with Gasteiger partial charge in [-0.2, -0.15) is 0 Å². The average Bonchev–Trinajstić information content (AvgIpc) is 3.01. The van der Waals surface area contributed by atoms with Crippen molar-refractivity contribution in [2.24, 2.45) is 23.7 Å². The smallest absolute Gasteiger partial charge is 0.305 e. The van der Waals surface area contributed by atoms with E-state index in [1.165, 1.54) is 148 Å². The van der Waals surface area contributed by atoms with Gasteiger partial charge in [-0.25, -0.2) is 0 Å². The highest BCUT2D eigenvalue weighted by molar-refractivity contribution is 5.69. The SMILES string of the molecule is CC(C)CCC(COC(=O)CCCCCCCCCC(CCCCCCCCCC=O)CCCCN1CCCCC1)C(C)C. The lowest BCUT2D eigenvalue weighted by atomic mass is 9.89. The molecule has 1 aliphatic heterocycles. The highest BCUT2D eigenvalue weighted by atomic mass is 16.5.